The van der Waals surface area contributed by atoms with E-state index in [4.69, 9.17) is 0 Å². The van der Waals surface area contributed by atoms with Crippen molar-refractivity contribution in [1.29, 1.82) is 0 Å². The lowest BCUT2D eigenvalue weighted by Gasteiger charge is -2.24. The Kier molecular flexibility index (Phi) is 6.87. The van der Waals surface area contributed by atoms with Crippen molar-refractivity contribution in [2.24, 2.45) is 0 Å². The Bertz CT molecular complexity index is 1220. The van der Waals surface area contributed by atoms with E-state index in [2.05, 4.69) is 5.10 Å². The van der Waals surface area contributed by atoms with E-state index in [9.17, 15) is 33.0 Å². The number of hydrogen-bond acceptors (Lipinski definition) is 4. The first-order valence-electron chi connectivity index (χ1n) is 10.00. The van der Waals surface area contributed by atoms with Crippen LogP contribution in [-0.4, -0.2) is 38.2 Å². The topological polar surface area (TPSA) is 95.7 Å². The molecule has 1 amide bonds. The first-order valence-corrected chi connectivity index (χ1v) is 10.00. The molecule has 3 rings (SSSR count). The summed E-state index contributed by atoms with van der Waals surface area (Å²) in [4.78, 5) is 25.1. The molecule has 7 nitrogen and oxygen atoms in total. The summed E-state index contributed by atoms with van der Waals surface area (Å²) >= 11 is 0. The number of benzene rings is 2. The van der Waals surface area contributed by atoms with Gasteiger partial charge >= 0.3 is 6.09 Å². The standard InChI is InChI=1S/C23H22F3N3O4/c1-23(2,33)7-9-28(22(31)32)15-5-3-4-14(10-15)11-19-20(30)6-8-29(27-19)16-12-17(24)21(26)18(25)13-16/h3-6,8,10,12-13,33H,7,9,11H2,1-2H3,(H,31,32). The molecular weight excluding hydrogens is 439 g/mol. The number of amides is 1. The molecule has 10 heteroatoms. The van der Waals surface area contributed by atoms with Gasteiger partial charge in [0.25, 0.3) is 0 Å². The van der Waals surface area contributed by atoms with Gasteiger partial charge in [0, 0.05) is 43.0 Å². The molecule has 0 spiro atoms. The molecule has 0 radical (unpaired) electrons. The largest absolute Gasteiger partial charge is 0.465 e. The third kappa shape index (κ3) is 5.98. The van der Waals surface area contributed by atoms with Crippen LogP contribution in [0.1, 0.15) is 31.5 Å². The van der Waals surface area contributed by atoms with Gasteiger partial charge in [0.2, 0.25) is 5.43 Å². The molecule has 0 fully saturated rings. The van der Waals surface area contributed by atoms with Crippen molar-refractivity contribution in [3.8, 4) is 5.69 Å². The van der Waals surface area contributed by atoms with Crippen LogP contribution in [0.2, 0.25) is 0 Å². The van der Waals surface area contributed by atoms with Gasteiger partial charge in [-0.2, -0.15) is 5.10 Å². The maximum atomic E-state index is 13.6. The van der Waals surface area contributed by atoms with Crippen LogP contribution in [-0.2, 0) is 6.42 Å². The van der Waals surface area contributed by atoms with Crippen LogP contribution >= 0.6 is 0 Å². The quantitative estimate of drug-likeness (QED) is 0.521. The molecule has 2 N–H and O–H groups in total. The molecule has 1 aromatic heterocycles. The van der Waals surface area contributed by atoms with E-state index in [0.717, 1.165) is 27.8 Å². The zero-order valence-corrected chi connectivity index (χ0v) is 17.9. The summed E-state index contributed by atoms with van der Waals surface area (Å²) in [6, 6.07) is 9.14. The second-order valence-electron chi connectivity index (χ2n) is 8.14. The van der Waals surface area contributed by atoms with E-state index in [-0.39, 0.29) is 30.8 Å². The van der Waals surface area contributed by atoms with Crippen LogP contribution < -0.4 is 10.3 Å². The Morgan fingerprint density at radius 3 is 2.39 bits per heavy atom. The Morgan fingerprint density at radius 1 is 1.12 bits per heavy atom. The van der Waals surface area contributed by atoms with Crippen LogP contribution in [0.25, 0.3) is 5.69 Å². The number of hydrogen-bond donors (Lipinski definition) is 2. The molecule has 0 aliphatic carbocycles. The number of nitrogens with zero attached hydrogens (tertiary/aromatic N) is 3. The third-order valence-electron chi connectivity index (χ3n) is 4.89. The van der Waals surface area contributed by atoms with Gasteiger partial charge in [-0.05, 0) is 38.0 Å². The molecular formula is C23H22F3N3O4. The van der Waals surface area contributed by atoms with Crippen molar-refractivity contribution in [3.05, 3.63) is 87.6 Å². The van der Waals surface area contributed by atoms with Gasteiger partial charge in [-0.3, -0.25) is 9.69 Å². The summed E-state index contributed by atoms with van der Waals surface area (Å²) in [6.07, 6.45) is 0.228. The molecule has 0 aliphatic rings. The van der Waals surface area contributed by atoms with Crippen molar-refractivity contribution < 1.29 is 28.2 Å². The number of anilines is 1. The lowest BCUT2D eigenvalue weighted by atomic mass is 10.0. The summed E-state index contributed by atoms with van der Waals surface area (Å²) in [7, 11) is 0. The molecule has 0 saturated carbocycles. The van der Waals surface area contributed by atoms with Crippen LogP contribution in [0.15, 0.2) is 53.5 Å². The molecule has 3 aromatic rings. The second-order valence-corrected chi connectivity index (χ2v) is 8.14. The Morgan fingerprint density at radius 2 is 1.79 bits per heavy atom. The average Bonchev–Trinajstić information content (AvgIpc) is 2.72. The number of carbonyl (C=O) groups is 1. The molecule has 2 aromatic carbocycles. The highest BCUT2D eigenvalue weighted by Gasteiger charge is 2.20. The summed E-state index contributed by atoms with van der Waals surface area (Å²) in [5.74, 6) is -4.39. The minimum atomic E-state index is -1.61. The lowest BCUT2D eigenvalue weighted by molar-refractivity contribution is 0.0731. The van der Waals surface area contributed by atoms with Gasteiger partial charge in [-0.1, -0.05) is 12.1 Å². The highest BCUT2D eigenvalue weighted by molar-refractivity contribution is 5.86. The molecule has 0 saturated heterocycles. The first-order chi connectivity index (χ1) is 15.4. The van der Waals surface area contributed by atoms with Gasteiger partial charge < -0.3 is 10.2 Å². The fourth-order valence-electron chi connectivity index (χ4n) is 3.14. The van der Waals surface area contributed by atoms with Crippen LogP contribution in [0.3, 0.4) is 0 Å². The summed E-state index contributed by atoms with van der Waals surface area (Å²) in [5, 5.41) is 23.6. The zero-order chi connectivity index (χ0) is 24.3. The maximum absolute atomic E-state index is 13.6. The molecule has 0 bridgehead atoms. The van der Waals surface area contributed by atoms with Crippen LogP contribution in [0, 0.1) is 17.5 Å². The minimum Gasteiger partial charge on any atom is -0.465 e. The Hall–Kier alpha value is -3.66. The van der Waals surface area contributed by atoms with Crippen molar-refractivity contribution >= 4 is 11.8 Å². The molecule has 0 aliphatic heterocycles. The second kappa shape index (κ2) is 9.45. The fourth-order valence-corrected chi connectivity index (χ4v) is 3.14. The number of aromatic nitrogens is 2. The van der Waals surface area contributed by atoms with E-state index in [1.54, 1.807) is 38.1 Å². The average molecular weight is 461 g/mol. The Labute approximate surface area is 187 Å². The van der Waals surface area contributed by atoms with Crippen molar-refractivity contribution in [1.82, 2.24) is 9.78 Å². The summed E-state index contributed by atoms with van der Waals surface area (Å²) in [6.45, 7) is 3.21. The predicted octanol–water partition coefficient (Wildman–Crippen LogP) is 3.89. The summed E-state index contributed by atoms with van der Waals surface area (Å²) < 4.78 is 41.5. The van der Waals surface area contributed by atoms with E-state index in [1.807, 2.05) is 0 Å². The van der Waals surface area contributed by atoms with Gasteiger partial charge in [0.05, 0.1) is 11.3 Å². The van der Waals surface area contributed by atoms with Gasteiger partial charge in [-0.25, -0.2) is 22.6 Å². The number of rotatable bonds is 7. The first kappa shape index (κ1) is 24.0. The minimum absolute atomic E-state index is 0.0125. The molecule has 0 unspecified atom stereocenters. The monoisotopic (exact) mass is 461 g/mol. The number of aliphatic hydroxyl groups is 1. The highest BCUT2D eigenvalue weighted by Crippen LogP contribution is 2.21. The Balaban J connectivity index is 1.90. The molecule has 1 heterocycles. The van der Waals surface area contributed by atoms with Crippen molar-refractivity contribution in [3.63, 3.8) is 0 Å². The zero-order valence-electron chi connectivity index (χ0n) is 17.9. The number of carboxylic acid groups (broad SMARTS) is 1. The van der Waals surface area contributed by atoms with Crippen LogP contribution in [0.4, 0.5) is 23.7 Å². The highest BCUT2D eigenvalue weighted by atomic mass is 19.2. The summed E-state index contributed by atoms with van der Waals surface area (Å²) in [5.41, 5.74) is -0.631. The molecule has 0 atom stereocenters. The van der Waals surface area contributed by atoms with Gasteiger partial charge in [0.1, 0.15) is 5.69 Å². The van der Waals surface area contributed by atoms with E-state index in [0.29, 0.717) is 11.3 Å². The van der Waals surface area contributed by atoms with Gasteiger partial charge in [-0.15, -0.1) is 0 Å². The SMILES string of the molecule is CC(C)(O)CCN(C(=O)O)c1cccc(Cc2nn(-c3cc(F)c(F)c(F)c3)ccc2=O)c1. The third-order valence-corrected chi connectivity index (χ3v) is 4.89. The predicted molar refractivity (Wildman–Crippen MR) is 115 cm³/mol. The van der Waals surface area contributed by atoms with E-state index >= 15 is 0 Å². The van der Waals surface area contributed by atoms with Crippen molar-refractivity contribution in [2.45, 2.75) is 32.3 Å². The number of halogens is 3. The molecule has 33 heavy (non-hydrogen) atoms. The van der Waals surface area contributed by atoms with Crippen molar-refractivity contribution in [2.75, 3.05) is 11.4 Å². The normalized spacial score (nSPS) is 11.5. The fraction of sp³-hybridized carbons (Fsp3) is 0.261. The maximum Gasteiger partial charge on any atom is 0.411 e. The van der Waals surface area contributed by atoms with Gasteiger partial charge in [0.15, 0.2) is 17.5 Å². The van der Waals surface area contributed by atoms with E-state index < -0.39 is 34.6 Å². The lowest BCUT2D eigenvalue weighted by Crippen LogP contribution is -2.34. The van der Waals surface area contributed by atoms with E-state index in [1.165, 1.54) is 6.20 Å². The molecule has 174 valence electrons. The van der Waals surface area contributed by atoms with Crippen LogP contribution in [0.5, 0.6) is 0 Å². The smallest absolute Gasteiger partial charge is 0.411 e.